The van der Waals surface area contributed by atoms with Crippen molar-refractivity contribution in [2.45, 2.75) is 19.9 Å². The number of carbonyl (C=O) groups excluding carboxylic acids is 1. The fourth-order valence-corrected chi connectivity index (χ4v) is 5.04. The first kappa shape index (κ1) is 23.8. The fourth-order valence-electron chi connectivity index (χ4n) is 5.04. The smallest absolute Gasteiger partial charge is 0.266 e. The summed E-state index contributed by atoms with van der Waals surface area (Å²) < 4.78 is 17.1. The maximum Gasteiger partial charge on any atom is 0.266 e. The molecule has 0 radical (unpaired) electrons. The van der Waals surface area contributed by atoms with E-state index in [-0.39, 0.29) is 17.3 Å². The average molecular weight is 511 g/mol. The van der Waals surface area contributed by atoms with Gasteiger partial charge in [-0.1, -0.05) is 6.07 Å². The van der Waals surface area contributed by atoms with Crippen LogP contribution in [0.1, 0.15) is 12.5 Å². The highest BCUT2D eigenvalue weighted by Crippen LogP contribution is 2.23. The Morgan fingerprint density at radius 3 is 2.61 bits per heavy atom. The van der Waals surface area contributed by atoms with Crippen LogP contribution in [0, 0.1) is 5.82 Å². The van der Waals surface area contributed by atoms with Crippen LogP contribution in [-0.4, -0.2) is 56.3 Å². The number of amides is 1. The number of aromatic nitrogens is 4. The van der Waals surface area contributed by atoms with Crippen LogP contribution in [0.15, 0.2) is 77.9 Å². The molecule has 0 spiro atoms. The molecule has 2 aromatic carbocycles. The predicted octanol–water partition coefficient (Wildman–Crippen LogP) is 3.79. The van der Waals surface area contributed by atoms with E-state index >= 15 is 0 Å². The lowest BCUT2D eigenvalue weighted by atomic mass is 10.1. The molecule has 3 aromatic heterocycles. The van der Waals surface area contributed by atoms with E-state index in [1.807, 2.05) is 35.5 Å². The SMILES string of the molecule is CC(=O)N1CCN(c2cnc3ccc(CCn4nc(-n5ccc6ccc(F)cc65)ccc4=O)cc3c2)CC1. The molecule has 0 unspecified atom stereocenters. The standard InChI is InChI=1S/C29H27FN6O2/c1-20(37)33-12-14-34(15-13-33)25-17-23-16-21(2-5-26(23)31-19-25)8-11-36-29(38)7-6-28(32-36)35-10-9-22-3-4-24(30)18-27(22)35/h2-7,9-10,16-19H,8,11-15H2,1H3. The molecule has 6 rings (SSSR count). The van der Waals surface area contributed by atoms with Gasteiger partial charge in [-0.15, -0.1) is 0 Å². The number of pyridine rings is 1. The average Bonchev–Trinajstić information content (AvgIpc) is 3.35. The second-order valence-electron chi connectivity index (χ2n) is 9.61. The number of anilines is 1. The van der Waals surface area contributed by atoms with Crippen molar-refractivity contribution in [2.75, 3.05) is 31.1 Å². The molecule has 0 N–H and O–H groups in total. The van der Waals surface area contributed by atoms with Crippen molar-refractivity contribution >= 4 is 33.4 Å². The van der Waals surface area contributed by atoms with Gasteiger partial charge in [-0.05, 0) is 60.5 Å². The molecule has 1 fully saturated rings. The maximum absolute atomic E-state index is 13.8. The molecule has 5 aromatic rings. The molecule has 1 aliphatic rings. The highest BCUT2D eigenvalue weighted by Gasteiger charge is 2.19. The van der Waals surface area contributed by atoms with Crippen LogP contribution in [0.25, 0.3) is 27.6 Å². The first-order valence-corrected chi connectivity index (χ1v) is 12.7. The van der Waals surface area contributed by atoms with Crippen molar-refractivity contribution in [3.63, 3.8) is 0 Å². The number of aryl methyl sites for hydroxylation is 2. The van der Waals surface area contributed by atoms with Crippen LogP contribution in [0.4, 0.5) is 10.1 Å². The van der Waals surface area contributed by atoms with E-state index in [4.69, 9.17) is 0 Å². The summed E-state index contributed by atoms with van der Waals surface area (Å²) in [5.74, 6) is 0.348. The normalized spacial score (nSPS) is 13.9. The number of hydrogen-bond donors (Lipinski definition) is 0. The van der Waals surface area contributed by atoms with Gasteiger partial charge in [0.05, 0.1) is 22.9 Å². The second kappa shape index (κ2) is 9.74. The minimum absolute atomic E-state index is 0.112. The largest absolute Gasteiger partial charge is 0.367 e. The van der Waals surface area contributed by atoms with Crippen molar-refractivity contribution in [1.29, 1.82) is 0 Å². The number of fused-ring (bicyclic) bond motifs is 2. The number of halogens is 1. The predicted molar refractivity (Wildman–Crippen MR) is 145 cm³/mol. The summed E-state index contributed by atoms with van der Waals surface area (Å²) >= 11 is 0. The molecule has 0 saturated carbocycles. The molecular weight excluding hydrogens is 483 g/mol. The molecule has 9 heteroatoms. The Morgan fingerprint density at radius 1 is 0.947 bits per heavy atom. The highest BCUT2D eigenvalue weighted by molar-refractivity contribution is 5.83. The number of benzene rings is 2. The first-order chi connectivity index (χ1) is 18.4. The van der Waals surface area contributed by atoms with E-state index < -0.39 is 0 Å². The molecule has 1 aliphatic heterocycles. The Morgan fingerprint density at radius 2 is 1.79 bits per heavy atom. The van der Waals surface area contributed by atoms with Crippen LogP contribution >= 0.6 is 0 Å². The van der Waals surface area contributed by atoms with Gasteiger partial charge in [0.2, 0.25) is 5.91 Å². The van der Waals surface area contributed by atoms with Gasteiger partial charge in [-0.3, -0.25) is 19.1 Å². The summed E-state index contributed by atoms with van der Waals surface area (Å²) in [6.07, 6.45) is 4.33. The van der Waals surface area contributed by atoms with Gasteiger partial charge in [0.25, 0.3) is 5.56 Å². The summed E-state index contributed by atoms with van der Waals surface area (Å²) in [4.78, 5) is 33.0. The van der Waals surface area contributed by atoms with E-state index in [1.165, 1.54) is 22.9 Å². The van der Waals surface area contributed by atoms with Gasteiger partial charge in [-0.2, -0.15) is 5.10 Å². The number of carbonyl (C=O) groups is 1. The van der Waals surface area contributed by atoms with Gasteiger partial charge in [0, 0.05) is 62.7 Å². The molecule has 8 nitrogen and oxygen atoms in total. The Labute approximate surface area is 218 Å². The van der Waals surface area contributed by atoms with E-state index in [9.17, 15) is 14.0 Å². The molecule has 0 aliphatic carbocycles. The third-order valence-electron chi connectivity index (χ3n) is 7.19. The van der Waals surface area contributed by atoms with Crippen LogP contribution in [0.2, 0.25) is 0 Å². The van der Waals surface area contributed by atoms with Crippen molar-refractivity contribution in [2.24, 2.45) is 0 Å². The second-order valence-corrected chi connectivity index (χ2v) is 9.61. The lowest BCUT2D eigenvalue weighted by Crippen LogP contribution is -2.48. The Kier molecular flexibility index (Phi) is 6.11. The summed E-state index contributed by atoms with van der Waals surface area (Å²) in [6.45, 7) is 5.00. The van der Waals surface area contributed by atoms with Crippen LogP contribution in [0.3, 0.4) is 0 Å². The minimum Gasteiger partial charge on any atom is -0.367 e. The first-order valence-electron chi connectivity index (χ1n) is 12.7. The Hall–Kier alpha value is -4.53. The third-order valence-corrected chi connectivity index (χ3v) is 7.19. The van der Waals surface area contributed by atoms with Gasteiger partial charge in [-0.25, -0.2) is 9.07 Å². The lowest BCUT2D eigenvalue weighted by molar-refractivity contribution is -0.129. The molecule has 38 heavy (non-hydrogen) atoms. The summed E-state index contributed by atoms with van der Waals surface area (Å²) in [6, 6.07) is 17.9. The zero-order valence-electron chi connectivity index (χ0n) is 21.0. The minimum atomic E-state index is -0.321. The van der Waals surface area contributed by atoms with Crippen molar-refractivity contribution in [3.8, 4) is 5.82 Å². The van der Waals surface area contributed by atoms with Gasteiger partial charge >= 0.3 is 0 Å². The third kappa shape index (κ3) is 4.63. The zero-order valence-corrected chi connectivity index (χ0v) is 21.0. The lowest BCUT2D eigenvalue weighted by Gasteiger charge is -2.35. The van der Waals surface area contributed by atoms with Gasteiger partial charge in [0.15, 0.2) is 5.82 Å². The molecule has 0 bridgehead atoms. The quantitative estimate of drug-likeness (QED) is 0.360. The molecule has 1 amide bonds. The molecule has 192 valence electrons. The number of nitrogens with zero attached hydrogens (tertiary/aromatic N) is 6. The summed E-state index contributed by atoms with van der Waals surface area (Å²) in [5, 5.41) is 6.49. The highest BCUT2D eigenvalue weighted by atomic mass is 19.1. The topological polar surface area (TPSA) is 76.3 Å². The maximum atomic E-state index is 13.8. The van der Waals surface area contributed by atoms with Crippen molar-refractivity contribution < 1.29 is 9.18 Å². The van der Waals surface area contributed by atoms with E-state index in [2.05, 4.69) is 27.1 Å². The van der Waals surface area contributed by atoms with Crippen molar-refractivity contribution in [3.05, 3.63) is 94.8 Å². The number of hydrogen-bond acceptors (Lipinski definition) is 5. The monoisotopic (exact) mass is 510 g/mol. The van der Waals surface area contributed by atoms with E-state index in [0.717, 1.165) is 40.6 Å². The molecule has 0 atom stereocenters. The number of rotatable bonds is 5. The van der Waals surface area contributed by atoms with Crippen LogP contribution < -0.4 is 10.5 Å². The fraction of sp³-hybridized carbons (Fsp3) is 0.241. The number of piperazine rings is 1. The van der Waals surface area contributed by atoms with E-state index in [0.29, 0.717) is 37.4 Å². The zero-order chi connectivity index (χ0) is 26.2. The molecular formula is C29H27FN6O2. The van der Waals surface area contributed by atoms with Gasteiger partial charge in [0.1, 0.15) is 5.82 Å². The molecule has 1 saturated heterocycles. The molecule has 4 heterocycles. The van der Waals surface area contributed by atoms with E-state index in [1.54, 1.807) is 23.6 Å². The summed E-state index contributed by atoms with van der Waals surface area (Å²) in [7, 11) is 0. The van der Waals surface area contributed by atoms with Crippen molar-refractivity contribution in [1.82, 2.24) is 24.2 Å². The Balaban J connectivity index is 1.21. The Bertz CT molecular complexity index is 1720. The van der Waals surface area contributed by atoms with Crippen LogP contribution in [-0.2, 0) is 17.8 Å². The summed E-state index contributed by atoms with van der Waals surface area (Å²) in [5.41, 5.74) is 3.53. The van der Waals surface area contributed by atoms with Crippen LogP contribution in [0.5, 0.6) is 0 Å². The van der Waals surface area contributed by atoms with Gasteiger partial charge < -0.3 is 9.80 Å².